The predicted octanol–water partition coefficient (Wildman–Crippen LogP) is 5.32. The first-order valence-electron chi connectivity index (χ1n) is 20.3. The number of carbonyl (C=O) groups is 4. The molecule has 13 atom stereocenters. The van der Waals surface area contributed by atoms with E-state index in [1.54, 1.807) is 51.5 Å². The maximum absolute atomic E-state index is 15.0. The second-order valence-electron chi connectivity index (χ2n) is 17.2. The molecule has 2 aromatic heterocycles. The van der Waals surface area contributed by atoms with E-state index in [0.717, 1.165) is 17.7 Å². The number of pyridine rings is 1. The number of ether oxygens (including phenoxy) is 5. The van der Waals surface area contributed by atoms with Crippen LogP contribution in [0.15, 0.2) is 37.1 Å². The highest BCUT2D eigenvalue weighted by Crippen LogP contribution is 2.52. The van der Waals surface area contributed by atoms with Gasteiger partial charge in [-0.15, -0.1) is 0 Å². The number of methoxy groups -OCH3 is 1. The van der Waals surface area contributed by atoms with Gasteiger partial charge in [0.2, 0.25) is 0 Å². The van der Waals surface area contributed by atoms with Crippen molar-refractivity contribution in [3.8, 4) is 11.3 Å². The Morgan fingerprint density at radius 1 is 1.05 bits per heavy atom. The number of hydrogen-bond acceptors (Lipinski definition) is 12. The summed E-state index contributed by atoms with van der Waals surface area (Å²) in [6.45, 7) is 13.3. The number of amides is 1. The number of ketones is 2. The number of rotatable bonds is 10. The Morgan fingerprint density at radius 3 is 2.46 bits per heavy atom. The monoisotopic (exact) mass is 779 g/mol. The molecule has 0 radical (unpaired) electrons. The molecule has 4 saturated heterocycles. The Morgan fingerprint density at radius 2 is 1.80 bits per heavy atom. The maximum atomic E-state index is 15.0. The fourth-order valence-corrected chi connectivity index (χ4v) is 9.79. The van der Waals surface area contributed by atoms with Gasteiger partial charge in [-0.1, -0.05) is 20.8 Å². The summed E-state index contributed by atoms with van der Waals surface area (Å²) in [5.74, 6) is -4.24. The maximum Gasteiger partial charge on any atom is 0.411 e. The molecule has 2 aromatic rings. The molecule has 4 aliphatic rings. The second-order valence-corrected chi connectivity index (χ2v) is 17.2. The third kappa shape index (κ3) is 7.91. The Balaban J connectivity index is 1.31. The number of carbonyl (C=O) groups excluding carboxylic acids is 4. The zero-order valence-electron chi connectivity index (χ0n) is 34.7. The summed E-state index contributed by atoms with van der Waals surface area (Å²) in [4.78, 5) is 69.3. The molecule has 0 N–H and O–H groups in total. The lowest BCUT2D eigenvalue weighted by Crippen LogP contribution is -2.72. The number of nitrogens with zero attached hydrogens (tertiary/aromatic N) is 5. The van der Waals surface area contributed by atoms with E-state index >= 15 is 0 Å². The average Bonchev–Trinajstić information content (AvgIpc) is 3.72. The minimum absolute atomic E-state index is 0.0370. The van der Waals surface area contributed by atoms with Crippen LogP contribution in [0.1, 0.15) is 87.0 Å². The summed E-state index contributed by atoms with van der Waals surface area (Å²) in [6.07, 6.45) is 7.39. The third-order valence-corrected chi connectivity index (χ3v) is 13.1. The lowest BCUT2D eigenvalue weighted by Gasteiger charge is -2.54. The molecule has 0 aromatic carbocycles. The van der Waals surface area contributed by atoms with Crippen molar-refractivity contribution in [2.45, 2.75) is 147 Å². The number of cyclic esters (lactones) is 1. The number of aryl methyl sites for hydroxylation is 1. The quantitative estimate of drug-likeness (QED) is 0.227. The zero-order chi connectivity index (χ0) is 40.7. The molecular formula is C42H61N5O9. The van der Waals surface area contributed by atoms with E-state index in [1.807, 2.05) is 64.7 Å². The smallest absolute Gasteiger partial charge is 0.411 e. The van der Waals surface area contributed by atoms with Gasteiger partial charge in [0.15, 0.2) is 17.7 Å². The van der Waals surface area contributed by atoms with Crippen molar-refractivity contribution < 1.29 is 42.9 Å². The molecule has 308 valence electrons. The molecule has 56 heavy (non-hydrogen) atoms. The van der Waals surface area contributed by atoms with E-state index in [4.69, 9.17) is 23.7 Å². The van der Waals surface area contributed by atoms with Crippen molar-refractivity contribution in [2.75, 3.05) is 21.2 Å². The molecule has 4 fully saturated rings. The van der Waals surface area contributed by atoms with Gasteiger partial charge >= 0.3 is 12.1 Å². The molecule has 4 aliphatic heterocycles. The van der Waals surface area contributed by atoms with Crippen LogP contribution in [0, 0.1) is 23.7 Å². The van der Waals surface area contributed by atoms with Crippen LogP contribution in [0.4, 0.5) is 4.79 Å². The van der Waals surface area contributed by atoms with Gasteiger partial charge in [0.05, 0.1) is 41.8 Å². The molecule has 6 rings (SSSR count). The normalized spacial score (nSPS) is 38.1. The fraction of sp³-hybridized carbons (Fsp3) is 0.714. The molecule has 0 saturated carbocycles. The van der Waals surface area contributed by atoms with Gasteiger partial charge in [-0.3, -0.25) is 24.3 Å². The number of imidazole rings is 1. The van der Waals surface area contributed by atoms with Gasteiger partial charge in [0.25, 0.3) is 0 Å². The average molecular weight is 780 g/mol. The van der Waals surface area contributed by atoms with Gasteiger partial charge in [0.1, 0.15) is 17.8 Å². The van der Waals surface area contributed by atoms with Crippen molar-refractivity contribution in [3.05, 3.63) is 37.1 Å². The van der Waals surface area contributed by atoms with Crippen LogP contribution in [0.2, 0.25) is 0 Å². The number of aromatic nitrogens is 3. The summed E-state index contributed by atoms with van der Waals surface area (Å²) >= 11 is 0. The van der Waals surface area contributed by atoms with Gasteiger partial charge in [-0.05, 0) is 86.0 Å². The van der Waals surface area contributed by atoms with Crippen LogP contribution < -0.4 is 0 Å². The second kappa shape index (κ2) is 16.6. The van der Waals surface area contributed by atoms with Gasteiger partial charge < -0.3 is 33.2 Å². The third-order valence-electron chi connectivity index (χ3n) is 13.1. The summed E-state index contributed by atoms with van der Waals surface area (Å²) in [6, 6.07) is 2.94. The first-order chi connectivity index (χ1) is 26.5. The summed E-state index contributed by atoms with van der Waals surface area (Å²) < 4.78 is 33.6. The van der Waals surface area contributed by atoms with E-state index in [9.17, 15) is 19.2 Å². The zero-order valence-corrected chi connectivity index (χ0v) is 34.7. The number of esters is 1. The van der Waals surface area contributed by atoms with E-state index in [-0.39, 0.29) is 30.1 Å². The highest BCUT2D eigenvalue weighted by atomic mass is 16.7. The minimum atomic E-state index is -1.31. The van der Waals surface area contributed by atoms with Crippen LogP contribution in [0.5, 0.6) is 0 Å². The SMILES string of the molecule is CC[C@H]1OC(=O)[C@H](C)C(=O)[C@H](C)[C@@H](O[C@H]2C[C@@H](N(C)C)C[C@@H](C)O2)[C@](C)(OC)C[C@@H](C)C(=O)[C@@H]2C(CCCn3cnc(-c4cccnc4)c3)N3C(=O)O[C@@]1(C)C23. The van der Waals surface area contributed by atoms with Crippen LogP contribution in [-0.2, 0) is 44.6 Å². The molecule has 0 bridgehead atoms. The van der Waals surface area contributed by atoms with Crippen molar-refractivity contribution in [2.24, 2.45) is 23.7 Å². The van der Waals surface area contributed by atoms with Crippen molar-refractivity contribution in [1.29, 1.82) is 0 Å². The highest BCUT2D eigenvalue weighted by molar-refractivity contribution is 6.00. The van der Waals surface area contributed by atoms with Crippen LogP contribution in [0.3, 0.4) is 0 Å². The van der Waals surface area contributed by atoms with Gasteiger partial charge in [0, 0.05) is 68.1 Å². The molecular weight excluding hydrogens is 718 g/mol. The molecule has 0 aliphatic carbocycles. The molecule has 14 heteroatoms. The summed E-state index contributed by atoms with van der Waals surface area (Å²) in [5.41, 5.74) is -0.723. The van der Waals surface area contributed by atoms with E-state index < -0.39 is 77.5 Å². The topological polar surface area (TPSA) is 152 Å². The first-order valence-corrected chi connectivity index (χ1v) is 20.3. The molecule has 2 unspecified atom stereocenters. The molecule has 1 amide bonds. The van der Waals surface area contributed by atoms with E-state index in [0.29, 0.717) is 32.2 Å². The molecule has 14 nitrogen and oxygen atoms in total. The largest absolute Gasteiger partial charge is 0.458 e. The van der Waals surface area contributed by atoms with Crippen LogP contribution >= 0.6 is 0 Å². The Hall–Kier alpha value is -3.72. The number of hydrogen-bond donors (Lipinski definition) is 0. The predicted molar refractivity (Wildman–Crippen MR) is 206 cm³/mol. The Labute approximate surface area is 330 Å². The Kier molecular flexibility index (Phi) is 12.4. The van der Waals surface area contributed by atoms with Crippen LogP contribution in [0.25, 0.3) is 11.3 Å². The lowest BCUT2D eigenvalue weighted by atomic mass is 9.64. The lowest BCUT2D eigenvalue weighted by molar-refractivity contribution is -0.262. The minimum Gasteiger partial charge on any atom is -0.458 e. The van der Waals surface area contributed by atoms with Crippen LogP contribution in [-0.4, -0.2) is 123 Å². The van der Waals surface area contributed by atoms with E-state index in [1.165, 1.54) is 0 Å². The van der Waals surface area contributed by atoms with Gasteiger partial charge in [-0.2, -0.15) is 0 Å². The fourth-order valence-electron chi connectivity index (χ4n) is 9.79. The van der Waals surface area contributed by atoms with Crippen molar-refractivity contribution in [1.82, 2.24) is 24.3 Å². The molecule has 0 spiro atoms. The standard InChI is InChI=1S/C42H61N5O9/c1-11-32-42(7)37-34(31(47(37)40(51)56-42)15-13-17-46-22-30(44-23-46)28-14-12-16-43-21-28)35(48)24(2)20-41(6,52-10)38(26(4)36(49)27(5)39(50)54-32)55-33-19-29(45(8)9)18-25(3)53-33/h12,14,16,21-27,29,31-34,37-38H,11,13,15,17-20H2,1-10H3/t24-,25-,26+,27-,29+,31?,32-,33+,34+,37?,38-,41-,42-/m1/s1. The first kappa shape index (κ1) is 41.9. The summed E-state index contributed by atoms with van der Waals surface area (Å²) in [7, 11) is 5.61. The van der Waals surface area contributed by atoms with Gasteiger partial charge in [-0.25, -0.2) is 9.78 Å². The summed E-state index contributed by atoms with van der Waals surface area (Å²) in [5, 5.41) is 0. The Bertz CT molecular complexity index is 1740. The number of Topliss-reactive ketones (excluding diaryl/α,β-unsaturated/α-hetero) is 2. The van der Waals surface area contributed by atoms with Crippen molar-refractivity contribution >= 4 is 23.6 Å². The highest BCUT2D eigenvalue weighted by Gasteiger charge is 2.70. The van der Waals surface area contributed by atoms with Crippen molar-refractivity contribution in [3.63, 3.8) is 0 Å². The van der Waals surface area contributed by atoms with E-state index in [2.05, 4.69) is 14.9 Å². The molecule has 6 heterocycles.